The number of carbonyl (C=O) groups is 1. The number of rotatable bonds is 9. The van der Waals surface area contributed by atoms with Crippen molar-refractivity contribution in [2.24, 2.45) is 0 Å². The second-order valence-electron chi connectivity index (χ2n) is 4.98. The number of thioether (sulfide) groups is 1. The van der Waals surface area contributed by atoms with E-state index in [-0.39, 0.29) is 11.2 Å². The van der Waals surface area contributed by atoms with Gasteiger partial charge < -0.3 is 23.9 Å². The lowest BCUT2D eigenvalue weighted by molar-refractivity contribution is -0.120. The van der Waals surface area contributed by atoms with Crippen molar-refractivity contribution in [3.05, 3.63) is 18.2 Å². The van der Waals surface area contributed by atoms with Crippen LogP contribution >= 0.6 is 11.8 Å². The van der Waals surface area contributed by atoms with Gasteiger partial charge in [0.1, 0.15) is 11.5 Å². The molecule has 1 atom stereocenters. The van der Waals surface area contributed by atoms with Gasteiger partial charge in [-0.1, -0.05) is 11.8 Å². The molecule has 0 bridgehead atoms. The normalized spacial score (nSPS) is 11.8. The van der Waals surface area contributed by atoms with Gasteiger partial charge in [-0.15, -0.1) is 10.2 Å². The summed E-state index contributed by atoms with van der Waals surface area (Å²) in [5, 5.41) is 10.7. The van der Waals surface area contributed by atoms with Gasteiger partial charge in [-0.05, 0) is 19.1 Å². The molecule has 0 fully saturated rings. The molecule has 25 heavy (non-hydrogen) atoms. The number of nitrogens with zero attached hydrogens (tertiary/aromatic N) is 2. The Kier molecular flexibility index (Phi) is 7.08. The Hall–Kier alpha value is -2.26. The van der Waals surface area contributed by atoms with Crippen LogP contribution in [-0.4, -0.2) is 55.8 Å². The van der Waals surface area contributed by atoms with Gasteiger partial charge in [0.05, 0.1) is 31.6 Å². The Morgan fingerprint density at radius 2 is 2.08 bits per heavy atom. The quantitative estimate of drug-likeness (QED) is 0.531. The van der Waals surface area contributed by atoms with Crippen LogP contribution < -0.4 is 14.8 Å². The van der Waals surface area contributed by atoms with Crippen LogP contribution in [0, 0.1) is 0 Å². The van der Waals surface area contributed by atoms with Gasteiger partial charge in [-0.2, -0.15) is 0 Å². The predicted molar refractivity (Wildman–Crippen MR) is 93.0 cm³/mol. The molecule has 2 aromatic rings. The highest BCUT2D eigenvalue weighted by Gasteiger charge is 2.20. The van der Waals surface area contributed by atoms with Crippen molar-refractivity contribution in [3.8, 4) is 23.0 Å². The Balaban J connectivity index is 2.06. The molecule has 0 saturated carbocycles. The van der Waals surface area contributed by atoms with Crippen LogP contribution in [0.5, 0.6) is 11.5 Å². The molecule has 0 aliphatic rings. The molecule has 1 amide bonds. The van der Waals surface area contributed by atoms with Crippen molar-refractivity contribution in [1.82, 2.24) is 15.5 Å². The van der Waals surface area contributed by atoms with Crippen LogP contribution in [0.2, 0.25) is 0 Å². The summed E-state index contributed by atoms with van der Waals surface area (Å²) in [6.07, 6.45) is 0. The molecule has 0 radical (unpaired) electrons. The highest BCUT2D eigenvalue weighted by molar-refractivity contribution is 8.00. The third kappa shape index (κ3) is 5.10. The number of carbonyl (C=O) groups excluding carboxylic acids is 1. The Morgan fingerprint density at radius 3 is 2.76 bits per heavy atom. The van der Waals surface area contributed by atoms with Crippen LogP contribution in [0.4, 0.5) is 0 Å². The van der Waals surface area contributed by atoms with E-state index in [1.165, 1.54) is 11.8 Å². The number of hydrogen-bond acceptors (Lipinski definition) is 8. The molecule has 0 unspecified atom stereocenters. The van der Waals surface area contributed by atoms with Crippen molar-refractivity contribution in [2.75, 3.05) is 34.5 Å². The Bertz CT molecular complexity index is 707. The van der Waals surface area contributed by atoms with Crippen LogP contribution in [0.15, 0.2) is 27.8 Å². The molecular weight excluding hydrogens is 346 g/mol. The van der Waals surface area contributed by atoms with Crippen molar-refractivity contribution >= 4 is 17.7 Å². The number of nitrogens with one attached hydrogen (secondary N) is 1. The number of amides is 1. The van der Waals surface area contributed by atoms with Crippen molar-refractivity contribution in [2.45, 2.75) is 17.4 Å². The molecule has 1 heterocycles. The van der Waals surface area contributed by atoms with E-state index in [9.17, 15) is 4.79 Å². The zero-order valence-corrected chi connectivity index (χ0v) is 15.4. The average Bonchev–Trinajstić information content (AvgIpc) is 3.09. The van der Waals surface area contributed by atoms with E-state index in [0.29, 0.717) is 41.3 Å². The maximum absolute atomic E-state index is 12.0. The fourth-order valence-corrected chi connectivity index (χ4v) is 2.67. The maximum Gasteiger partial charge on any atom is 0.277 e. The molecule has 1 aromatic carbocycles. The lowest BCUT2D eigenvalue weighted by Crippen LogP contribution is -2.33. The van der Waals surface area contributed by atoms with E-state index in [2.05, 4.69) is 15.5 Å². The second-order valence-corrected chi connectivity index (χ2v) is 6.28. The first-order valence-corrected chi connectivity index (χ1v) is 8.46. The van der Waals surface area contributed by atoms with Crippen LogP contribution in [0.25, 0.3) is 11.5 Å². The molecule has 0 spiro atoms. The molecule has 2 rings (SSSR count). The van der Waals surface area contributed by atoms with E-state index in [4.69, 9.17) is 18.6 Å². The first-order valence-electron chi connectivity index (χ1n) is 7.58. The topological polar surface area (TPSA) is 95.7 Å². The lowest BCUT2D eigenvalue weighted by atomic mass is 10.2. The smallest absolute Gasteiger partial charge is 0.277 e. The van der Waals surface area contributed by atoms with Gasteiger partial charge in [0.25, 0.3) is 11.1 Å². The fraction of sp³-hybridized carbons (Fsp3) is 0.438. The number of hydrogen-bond donors (Lipinski definition) is 1. The molecule has 136 valence electrons. The molecule has 8 nitrogen and oxygen atoms in total. The summed E-state index contributed by atoms with van der Waals surface area (Å²) >= 11 is 1.19. The fourth-order valence-electron chi connectivity index (χ4n) is 1.97. The minimum Gasteiger partial charge on any atom is -0.497 e. The molecule has 0 aliphatic carbocycles. The third-order valence-electron chi connectivity index (χ3n) is 3.30. The number of benzene rings is 1. The van der Waals surface area contributed by atoms with Gasteiger partial charge in [0.2, 0.25) is 5.91 Å². The van der Waals surface area contributed by atoms with Crippen LogP contribution in [-0.2, 0) is 9.53 Å². The first kappa shape index (κ1) is 19.1. The van der Waals surface area contributed by atoms with Gasteiger partial charge in [-0.3, -0.25) is 4.79 Å². The highest BCUT2D eigenvalue weighted by atomic mass is 32.2. The zero-order chi connectivity index (χ0) is 18.2. The summed E-state index contributed by atoms with van der Waals surface area (Å²) in [4.78, 5) is 12.0. The summed E-state index contributed by atoms with van der Waals surface area (Å²) in [5.41, 5.74) is 0.653. The lowest BCUT2D eigenvalue weighted by Gasteiger charge is -2.09. The van der Waals surface area contributed by atoms with Gasteiger partial charge in [-0.25, -0.2) is 0 Å². The maximum atomic E-state index is 12.0. The molecule has 0 saturated heterocycles. The van der Waals surface area contributed by atoms with E-state index in [1.807, 2.05) is 0 Å². The average molecular weight is 367 g/mol. The third-order valence-corrected chi connectivity index (χ3v) is 4.23. The molecule has 9 heteroatoms. The monoisotopic (exact) mass is 367 g/mol. The van der Waals surface area contributed by atoms with Crippen molar-refractivity contribution in [3.63, 3.8) is 0 Å². The van der Waals surface area contributed by atoms with Crippen molar-refractivity contribution < 1.29 is 23.4 Å². The van der Waals surface area contributed by atoms with Gasteiger partial charge in [0.15, 0.2) is 0 Å². The predicted octanol–water partition coefficient (Wildman–Crippen LogP) is 2.00. The summed E-state index contributed by atoms with van der Waals surface area (Å²) in [6.45, 7) is 2.69. The largest absolute Gasteiger partial charge is 0.497 e. The molecular formula is C16H21N3O5S. The number of ether oxygens (including phenoxy) is 3. The van der Waals surface area contributed by atoms with E-state index >= 15 is 0 Å². The SMILES string of the molecule is COCCNC(=O)[C@H](C)Sc1nnc(-c2ccc(OC)cc2OC)o1. The first-order chi connectivity index (χ1) is 12.1. The summed E-state index contributed by atoms with van der Waals surface area (Å²) in [5.74, 6) is 1.42. The molecule has 1 N–H and O–H groups in total. The minimum absolute atomic E-state index is 0.121. The summed E-state index contributed by atoms with van der Waals surface area (Å²) in [6, 6.07) is 5.29. The zero-order valence-electron chi connectivity index (χ0n) is 14.6. The van der Waals surface area contributed by atoms with Crippen LogP contribution in [0.1, 0.15) is 6.92 Å². The van der Waals surface area contributed by atoms with Gasteiger partial charge in [0, 0.05) is 19.7 Å². The molecule has 0 aliphatic heterocycles. The standard InChI is InChI=1S/C16H21N3O5S/c1-10(14(20)17-7-8-21-2)25-16-19-18-15(24-16)12-6-5-11(22-3)9-13(12)23-4/h5-6,9-10H,7-8H2,1-4H3,(H,17,20)/t10-/m0/s1. The number of aromatic nitrogens is 2. The van der Waals surface area contributed by atoms with E-state index < -0.39 is 0 Å². The van der Waals surface area contributed by atoms with E-state index in [0.717, 1.165) is 0 Å². The van der Waals surface area contributed by atoms with E-state index in [1.54, 1.807) is 46.5 Å². The Labute approximate surface area is 150 Å². The minimum atomic E-state index is -0.372. The summed E-state index contributed by atoms with van der Waals surface area (Å²) < 4.78 is 21.0. The number of methoxy groups -OCH3 is 3. The van der Waals surface area contributed by atoms with Gasteiger partial charge >= 0.3 is 0 Å². The Morgan fingerprint density at radius 1 is 1.28 bits per heavy atom. The summed E-state index contributed by atoms with van der Waals surface area (Å²) in [7, 11) is 4.71. The van der Waals surface area contributed by atoms with Crippen LogP contribution in [0.3, 0.4) is 0 Å². The second kappa shape index (κ2) is 9.28. The highest BCUT2D eigenvalue weighted by Crippen LogP contribution is 2.34. The van der Waals surface area contributed by atoms with Crippen molar-refractivity contribution in [1.29, 1.82) is 0 Å². The molecule has 1 aromatic heterocycles.